The molecule has 0 saturated carbocycles. The predicted molar refractivity (Wildman–Crippen MR) is 67.6 cm³/mol. The Morgan fingerprint density at radius 2 is 2.20 bits per heavy atom. The standard InChI is InChI=1S/C13H13F2N3O2/c1-8-10(7-17-18-8)12(19)16-6-9-4-2-3-5-11(9)20-13(14)15/h2-5,7,13H,6H2,1H3,(H,16,19)(H,17,18). The Labute approximate surface area is 114 Å². The Hall–Kier alpha value is -2.44. The summed E-state index contributed by atoms with van der Waals surface area (Å²) in [6.07, 6.45) is 1.41. The van der Waals surface area contributed by atoms with Crippen molar-refractivity contribution in [3.8, 4) is 5.75 Å². The van der Waals surface area contributed by atoms with Crippen molar-refractivity contribution in [3.63, 3.8) is 0 Å². The van der Waals surface area contributed by atoms with Gasteiger partial charge in [-0.2, -0.15) is 13.9 Å². The minimum Gasteiger partial charge on any atom is -0.434 e. The van der Waals surface area contributed by atoms with E-state index in [2.05, 4.69) is 20.3 Å². The van der Waals surface area contributed by atoms with Crippen molar-refractivity contribution in [1.82, 2.24) is 15.5 Å². The third-order valence-corrected chi connectivity index (χ3v) is 2.70. The molecule has 1 aromatic carbocycles. The van der Waals surface area contributed by atoms with Crippen LogP contribution in [-0.4, -0.2) is 22.7 Å². The molecule has 1 aromatic heterocycles. The van der Waals surface area contributed by atoms with Gasteiger partial charge in [0.25, 0.3) is 5.91 Å². The first-order chi connectivity index (χ1) is 9.58. The number of aromatic amines is 1. The van der Waals surface area contributed by atoms with Crippen molar-refractivity contribution in [1.29, 1.82) is 0 Å². The molecule has 2 rings (SSSR count). The van der Waals surface area contributed by atoms with Crippen LogP contribution in [0.25, 0.3) is 0 Å². The summed E-state index contributed by atoms with van der Waals surface area (Å²) in [6, 6.07) is 6.31. The van der Waals surface area contributed by atoms with Gasteiger partial charge in [0.2, 0.25) is 0 Å². The molecule has 20 heavy (non-hydrogen) atoms. The van der Waals surface area contributed by atoms with E-state index in [0.29, 0.717) is 16.8 Å². The number of halogens is 2. The van der Waals surface area contributed by atoms with E-state index in [4.69, 9.17) is 0 Å². The van der Waals surface area contributed by atoms with Crippen LogP contribution < -0.4 is 10.1 Å². The molecular weight excluding hydrogens is 268 g/mol. The van der Waals surface area contributed by atoms with Gasteiger partial charge in [0.05, 0.1) is 11.8 Å². The number of rotatable bonds is 5. The van der Waals surface area contributed by atoms with Gasteiger partial charge in [-0.25, -0.2) is 0 Å². The summed E-state index contributed by atoms with van der Waals surface area (Å²) in [5, 5.41) is 9.03. The minimum atomic E-state index is -2.90. The first-order valence-corrected chi connectivity index (χ1v) is 5.89. The molecule has 0 aliphatic carbocycles. The average molecular weight is 281 g/mol. The molecule has 0 aliphatic rings. The molecule has 0 aliphatic heterocycles. The molecule has 5 nitrogen and oxygen atoms in total. The number of carbonyl (C=O) groups excluding carboxylic acids is 1. The summed E-state index contributed by atoms with van der Waals surface area (Å²) >= 11 is 0. The molecular formula is C13H13F2N3O2. The highest BCUT2D eigenvalue weighted by atomic mass is 19.3. The number of hydrogen-bond donors (Lipinski definition) is 2. The van der Waals surface area contributed by atoms with Crippen LogP contribution in [0.2, 0.25) is 0 Å². The zero-order chi connectivity index (χ0) is 14.5. The number of nitrogens with one attached hydrogen (secondary N) is 2. The predicted octanol–water partition coefficient (Wildman–Crippen LogP) is 2.25. The molecule has 0 saturated heterocycles. The summed E-state index contributed by atoms with van der Waals surface area (Å²) in [4.78, 5) is 11.9. The van der Waals surface area contributed by atoms with E-state index in [1.165, 1.54) is 12.3 Å². The molecule has 0 fully saturated rings. The third-order valence-electron chi connectivity index (χ3n) is 2.70. The normalized spacial score (nSPS) is 10.6. The molecule has 106 valence electrons. The summed E-state index contributed by atoms with van der Waals surface area (Å²) in [7, 11) is 0. The quantitative estimate of drug-likeness (QED) is 0.883. The van der Waals surface area contributed by atoms with Crippen molar-refractivity contribution in [3.05, 3.63) is 47.3 Å². The maximum Gasteiger partial charge on any atom is 0.387 e. The van der Waals surface area contributed by atoms with Crippen LogP contribution >= 0.6 is 0 Å². The number of aromatic nitrogens is 2. The zero-order valence-electron chi connectivity index (χ0n) is 10.7. The van der Waals surface area contributed by atoms with Crippen LogP contribution in [0.4, 0.5) is 8.78 Å². The van der Waals surface area contributed by atoms with E-state index in [9.17, 15) is 13.6 Å². The van der Waals surface area contributed by atoms with Gasteiger partial charge in [0.15, 0.2) is 0 Å². The van der Waals surface area contributed by atoms with E-state index in [1.54, 1.807) is 25.1 Å². The second-order valence-corrected chi connectivity index (χ2v) is 4.08. The monoisotopic (exact) mass is 281 g/mol. The number of hydrogen-bond acceptors (Lipinski definition) is 3. The van der Waals surface area contributed by atoms with E-state index in [1.807, 2.05) is 0 Å². The molecule has 0 radical (unpaired) electrons. The lowest BCUT2D eigenvalue weighted by atomic mass is 10.2. The van der Waals surface area contributed by atoms with Crippen LogP contribution in [0.5, 0.6) is 5.75 Å². The molecule has 7 heteroatoms. The number of amides is 1. The Bertz CT molecular complexity index is 599. The van der Waals surface area contributed by atoms with Crippen LogP contribution in [0, 0.1) is 6.92 Å². The molecule has 0 bridgehead atoms. The maximum absolute atomic E-state index is 12.3. The highest BCUT2D eigenvalue weighted by Gasteiger charge is 2.13. The van der Waals surface area contributed by atoms with Gasteiger partial charge in [0, 0.05) is 17.8 Å². The van der Waals surface area contributed by atoms with E-state index in [0.717, 1.165) is 0 Å². The molecule has 0 atom stereocenters. The van der Waals surface area contributed by atoms with Gasteiger partial charge < -0.3 is 10.1 Å². The van der Waals surface area contributed by atoms with Gasteiger partial charge >= 0.3 is 6.61 Å². The van der Waals surface area contributed by atoms with Crippen molar-refractivity contribution >= 4 is 5.91 Å². The van der Waals surface area contributed by atoms with Gasteiger partial charge in [-0.1, -0.05) is 18.2 Å². The number of nitrogens with zero attached hydrogens (tertiary/aromatic N) is 1. The van der Waals surface area contributed by atoms with E-state index in [-0.39, 0.29) is 18.2 Å². The number of alkyl halides is 2. The van der Waals surface area contributed by atoms with Crippen molar-refractivity contribution in [2.45, 2.75) is 20.1 Å². The molecule has 2 aromatic rings. The SMILES string of the molecule is Cc1[nH]ncc1C(=O)NCc1ccccc1OC(F)F. The van der Waals surface area contributed by atoms with Crippen LogP contribution in [0.1, 0.15) is 21.6 Å². The summed E-state index contributed by atoms with van der Waals surface area (Å²) in [6.45, 7) is -1.09. The van der Waals surface area contributed by atoms with Gasteiger partial charge in [0.1, 0.15) is 5.75 Å². The first-order valence-electron chi connectivity index (χ1n) is 5.89. The second-order valence-electron chi connectivity index (χ2n) is 4.08. The molecule has 2 N–H and O–H groups in total. The third kappa shape index (κ3) is 3.31. The fourth-order valence-corrected chi connectivity index (χ4v) is 1.71. The van der Waals surface area contributed by atoms with E-state index < -0.39 is 6.61 Å². The average Bonchev–Trinajstić information content (AvgIpc) is 2.83. The largest absolute Gasteiger partial charge is 0.434 e. The highest BCUT2D eigenvalue weighted by molar-refractivity contribution is 5.94. The van der Waals surface area contributed by atoms with Gasteiger partial charge in [-0.05, 0) is 13.0 Å². The number of aryl methyl sites for hydroxylation is 1. The Balaban J connectivity index is 2.04. The number of para-hydroxylation sites is 1. The van der Waals surface area contributed by atoms with E-state index >= 15 is 0 Å². The molecule has 0 spiro atoms. The number of ether oxygens (including phenoxy) is 1. The summed E-state index contributed by atoms with van der Waals surface area (Å²) < 4.78 is 28.9. The van der Waals surface area contributed by atoms with Crippen LogP contribution in [0.15, 0.2) is 30.5 Å². The number of H-pyrrole nitrogens is 1. The number of carbonyl (C=O) groups is 1. The lowest BCUT2D eigenvalue weighted by Crippen LogP contribution is -2.23. The first kappa shape index (κ1) is 14.0. The summed E-state index contributed by atoms with van der Waals surface area (Å²) in [5.41, 5.74) is 1.53. The maximum atomic E-state index is 12.3. The molecule has 0 unspecified atom stereocenters. The topological polar surface area (TPSA) is 67.0 Å². The lowest BCUT2D eigenvalue weighted by Gasteiger charge is -2.11. The van der Waals surface area contributed by atoms with Crippen LogP contribution in [-0.2, 0) is 6.54 Å². The Morgan fingerprint density at radius 3 is 2.85 bits per heavy atom. The molecule has 1 amide bonds. The number of benzene rings is 1. The highest BCUT2D eigenvalue weighted by Crippen LogP contribution is 2.20. The van der Waals surface area contributed by atoms with Crippen LogP contribution in [0.3, 0.4) is 0 Å². The van der Waals surface area contributed by atoms with Gasteiger partial charge in [-0.3, -0.25) is 9.89 Å². The fraction of sp³-hybridized carbons (Fsp3) is 0.231. The fourth-order valence-electron chi connectivity index (χ4n) is 1.71. The molecule has 1 heterocycles. The minimum absolute atomic E-state index is 0.0479. The Kier molecular flexibility index (Phi) is 4.29. The van der Waals surface area contributed by atoms with Crippen molar-refractivity contribution in [2.75, 3.05) is 0 Å². The lowest BCUT2D eigenvalue weighted by molar-refractivity contribution is -0.0504. The smallest absolute Gasteiger partial charge is 0.387 e. The Morgan fingerprint density at radius 1 is 1.45 bits per heavy atom. The van der Waals surface area contributed by atoms with Crippen molar-refractivity contribution in [2.24, 2.45) is 0 Å². The summed E-state index contributed by atoms with van der Waals surface area (Å²) in [5.74, 6) is -0.283. The van der Waals surface area contributed by atoms with Gasteiger partial charge in [-0.15, -0.1) is 0 Å². The second kappa shape index (κ2) is 6.14. The van der Waals surface area contributed by atoms with Crippen molar-refractivity contribution < 1.29 is 18.3 Å². The zero-order valence-corrected chi connectivity index (χ0v) is 10.7.